The standard InChI is InChI=1S/C12H19BrN4O/c1-2-3-4-14-12-15-7-10(13)11(17-12)16-8-5-9(18)6-8/h7-9,18H,2-6H2,1H3,(H2,14,15,16,17)/t8-,9-. The fourth-order valence-electron chi connectivity index (χ4n) is 1.83. The fraction of sp³-hybridized carbons (Fsp3) is 0.667. The van der Waals surface area contributed by atoms with Crippen molar-refractivity contribution in [2.45, 2.75) is 44.8 Å². The van der Waals surface area contributed by atoms with Gasteiger partial charge in [0, 0.05) is 18.8 Å². The lowest BCUT2D eigenvalue weighted by molar-refractivity contribution is 0.0835. The van der Waals surface area contributed by atoms with Crippen LogP contribution in [0.3, 0.4) is 0 Å². The van der Waals surface area contributed by atoms with Crippen molar-refractivity contribution in [2.75, 3.05) is 17.2 Å². The van der Waals surface area contributed by atoms with Crippen molar-refractivity contribution in [3.8, 4) is 0 Å². The van der Waals surface area contributed by atoms with Crippen LogP contribution in [0.15, 0.2) is 10.7 Å². The molecule has 18 heavy (non-hydrogen) atoms. The van der Waals surface area contributed by atoms with E-state index in [4.69, 9.17) is 0 Å². The first-order valence-electron chi connectivity index (χ1n) is 6.40. The van der Waals surface area contributed by atoms with Gasteiger partial charge in [-0.15, -0.1) is 0 Å². The third-order valence-electron chi connectivity index (χ3n) is 3.01. The molecule has 1 aliphatic carbocycles. The topological polar surface area (TPSA) is 70.1 Å². The van der Waals surface area contributed by atoms with Crippen molar-refractivity contribution in [3.63, 3.8) is 0 Å². The van der Waals surface area contributed by atoms with E-state index in [1.54, 1.807) is 6.20 Å². The highest BCUT2D eigenvalue weighted by Crippen LogP contribution is 2.27. The molecule has 100 valence electrons. The number of aliphatic hydroxyl groups excluding tert-OH is 1. The minimum Gasteiger partial charge on any atom is -0.393 e. The molecule has 0 amide bonds. The summed E-state index contributed by atoms with van der Waals surface area (Å²) >= 11 is 3.43. The third kappa shape index (κ3) is 3.55. The van der Waals surface area contributed by atoms with Crippen LogP contribution in [0, 0.1) is 0 Å². The molecule has 2 rings (SSSR count). The fourth-order valence-corrected chi connectivity index (χ4v) is 2.13. The number of hydrogen-bond donors (Lipinski definition) is 3. The SMILES string of the molecule is CCCCNc1ncc(Br)c(N[C@H]2C[C@H](O)C2)n1. The van der Waals surface area contributed by atoms with E-state index in [2.05, 4.69) is 43.5 Å². The number of nitrogens with one attached hydrogen (secondary N) is 2. The van der Waals surface area contributed by atoms with Crippen LogP contribution >= 0.6 is 15.9 Å². The smallest absolute Gasteiger partial charge is 0.224 e. The molecular weight excluding hydrogens is 296 g/mol. The molecule has 0 atom stereocenters. The van der Waals surface area contributed by atoms with E-state index in [0.29, 0.717) is 12.0 Å². The van der Waals surface area contributed by atoms with E-state index >= 15 is 0 Å². The molecule has 0 spiro atoms. The Morgan fingerprint density at radius 1 is 1.50 bits per heavy atom. The molecular formula is C12H19BrN4O. The first-order valence-corrected chi connectivity index (χ1v) is 7.19. The zero-order chi connectivity index (χ0) is 13.0. The number of halogens is 1. The summed E-state index contributed by atoms with van der Waals surface area (Å²) in [5, 5.41) is 15.8. The average Bonchev–Trinajstić information content (AvgIpc) is 2.31. The van der Waals surface area contributed by atoms with E-state index in [-0.39, 0.29) is 6.10 Å². The minimum atomic E-state index is -0.162. The third-order valence-corrected chi connectivity index (χ3v) is 3.59. The van der Waals surface area contributed by atoms with Crippen LogP contribution in [0.25, 0.3) is 0 Å². The molecule has 1 aromatic heterocycles. The number of rotatable bonds is 6. The Morgan fingerprint density at radius 2 is 2.28 bits per heavy atom. The largest absolute Gasteiger partial charge is 0.393 e. The maximum atomic E-state index is 9.27. The van der Waals surface area contributed by atoms with Crippen molar-refractivity contribution in [1.29, 1.82) is 0 Å². The summed E-state index contributed by atoms with van der Waals surface area (Å²) in [5.74, 6) is 1.44. The molecule has 1 saturated carbocycles. The van der Waals surface area contributed by atoms with Crippen LogP contribution in [0.1, 0.15) is 32.6 Å². The summed E-state index contributed by atoms with van der Waals surface area (Å²) in [4.78, 5) is 8.65. The minimum absolute atomic E-state index is 0.162. The molecule has 1 aromatic rings. The summed E-state index contributed by atoms with van der Waals surface area (Å²) in [6.45, 7) is 3.04. The summed E-state index contributed by atoms with van der Waals surface area (Å²) in [6, 6.07) is 0.315. The van der Waals surface area contributed by atoms with Crippen LogP contribution in [-0.4, -0.2) is 33.8 Å². The second-order valence-electron chi connectivity index (χ2n) is 4.64. The van der Waals surface area contributed by atoms with Crippen LogP contribution in [0.2, 0.25) is 0 Å². The van der Waals surface area contributed by atoms with Gasteiger partial charge < -0.3 is 15.7 Å². The molecule has 0 unspecified atom stereocenters. The lowest BCUT2D eigenvalue weighted by Gasteiger charge is -2.32. The van der Waals surface area contributed by atoms with Crippen LogP contribution in [0.5, 0.6) is 0 Å². The number of nitrogens with zero attached hydrogens (tertiary/aromatic N) is 2. The Balaban J connectivity index is 1.93. The van der Waals surface area contributed by atoms with Crippen LogP contribution in [0.4, 0.5) is 11.8 Å². The van der Waals surface area contributed by atoms with E-state index in [1.807, 2.05) is 0 Å². The molecule has 0 aliphatic heterocycles. The van der Waals surface area contributed by atoms with Gasteiger partial charge in [-0.1, -0.05) is 13.3 Å². The normalized spacial score (nSPS) is 22.4. The zero-order valence-corrected chi connectivity index (χ0v) is 12.1. The number of anilines is 2. The summed E-state index contributed by atoms with van der Waals surface area (Å²) in [5.41, 5.74) is 0. The van der Waals surface area contributed by atoms with Gasteiger partial charge >= 0.3 is 0 Å². The molecule has 6 heteroatoms. The van der Waals surface area contributed by atoms with Crippen molar-refractivity contribution >= 4 is 27.7 Å². The maximum absolute atomic E-state index is 9.27. The number of unbranched alkanes of at least 4 members (excludes halogenated alkanes) is 1. The highest BCUT2D eigenvalue weighted by atomic mass is 79.9. The highest BCUT2D eigenvalue weighted by molar-refractivity contribution is 9.10. The number of aliphatic hydroxyl groups is 1. The van der Waals surface area contributed by atoms with Gasteiger partial charge in [0.2, 0.25) is 5.95 Å². The maximum Gasteiger partial charge on any atom is 0.224 e. The lowest BCUT2D eigenvalue weighted by Crippen LogP contribution is -2.39. The molecule has 5 nitrogen and oxygen atoms in total. The zero-order valence-electron chi connectivity index (χ0n) is 10.5. The molecule has 0 saturated heterocycles. The van der Waals surface area contributed by atoms with E-state index in [0.717, 1.165) is 42.5 Å². The van der Waals surface area contributed by atoms with Gasteiger partial charge in [-0.05, 0) is 35.2 Å². The van der Waals surface area contributed by atoms with Crippen molar-refractivity contribution in [3.05, 3.63) is 10.7 Å². The van der Waals surface area contributed by atoms with Crippen molar-refractivity contribution < 1.29 is 5.11 Å². The molecule has 0 radical (unpaired) electrons. The Bertz CT molecular complexity index is 396. The number of aromatic nitrogens is 2. The van der Waals surface area contributed by atoms with Crippen LogP contribution < -0.4 is 10.6 Å². The van der Waals surface area contributed by atoms with E-state index < -0.39 is 0 Å². The van der Waals surface area contributed by atoms with Gasteiger partial charge in [0.15, 0.2) is 0 Å². The average molecular weight is 315 g/mol. The summed E-state index contributed by atoms with van der Waals surface area (Å²) in [7, 11) is 0. The Labute approximate surface area is 116 Å². The molecule has 1 aliphatic rings. The van der Waals surface area contributed by atoms with Gasteiger partial charge in [-0.3, -0.25) is 0 Å². The first-order chi connectivity index (χ1) is 8.69. The van der Waals surface area contributed by atoms with Crippen LogP contribution in [-0.2, 0) is 0 Å². The summed E-state index contributed by atoms with van der Waals surface area (Å²) < 4.78 is 0.852. The van der Waals surface area contributed by atoms with Gasteiger partial charge in [-0.25, -0.2) is 4.98 Å². The Morgan fingerprint density at radius 3 is 2.94 bits per heavy atom. The van der Waals surface area contributed by atoms with E-state index in [9.17, 15) is 5.11 Å². The highest BCUT2D eigenvalue weighted by Gasteiger charge is 2.27. The van der Waals surface area contributed by atoms with Gasteiger partial charge in [0.05, 0.1) is 10.6 Å². The molecule has 0 aromatic carbocycles. The van der Waals surface area contributed by atoms with Gasteiger partial charge in [0.25, 0.3) is 0 Å². The van der Waals surface area contributed by atoms with Gasteiger partial charge in [0.1, 0.15) is 5.82 Å². The first kappa shape index (κ1) is 13.5. The monoisotopic (exact) mass is 314 g/mol. The predicted octanol–water partition coefficient (Wildman–Crippen LogP) is 2.39. The van der Waals surface area contributed by atoms with Gasteiger partial charge in [-0.2, -0.15) is 4.98 Å². The summed E-state index contributed by atoms with van der Waals surface area (Å²) in [6.07, 6.45) is 5.42. The Kier molecular flexibility index (Phi) is 4.77. The van der Waals surface area contributed by atoms with Crippen molar-refractivity contribution in [2.24, 2.45) is 0 Å². The molecule has 0 bridgehead atoms. The number of hydrogen-bond acceptors (Lipinski definition) is 5. The van der Waals surface area contributed by atoms with E-state index in [1.165, 1.54) is 0 Å². The molecule has 3 N–H and O–H groups in total. The predicted molar refractivity (Wildman–Crippen MR) is 75.8 cm³/mol. The lowest BCUT2D eigenvalue weighted by atomic mass is 9.89. The molecule has 1 fully saturated rings. The second-order valence-corrected chi connectivity index (χ2v) is 5.49. The quantitative estimate of drug-likeness (QED) is 0.703. The molecule has 1 heterocycles. The second kappa shape index (κ2) is 6.33. The van der Waals surface area contributed by atoms with Crippen molar-refractivity contribution in [1.82, 2.24) is 9.97 Å². The Hall–Kier alpha value is -0.880.